The van der Waals surface area contributed by atoms with Gasteiger partial charge in [-0.15, -0.1) is 0 Å². The van der Waals surface area contributed by atoms with Gasteiger partial charge in [-0.2, -0.15) is 0 Å². The number of methoxy groups -OCH3 is 2. The third-order valence-electron chi connectivity index (χ3n) is 7.15. The maximum atomic E-state index is 13.9. The lowest BCUT2D eigenvalue weighted by Gasteiger charge is -2.28. The summed E-state index contributed by atoms with van der Waals surface area (Å²) in [7, 11) is 3.12. The molecule has 2 aliphatic rings. The van der Waals surface area contributed by atoms with E-state index in [-0.39, 0.29) is 12.2 Å². The van der Waals surface area contributed by atoms with Crippen LogP contribution >= 0.6 is 11.3 Å². The minimum Gasteiger partial charge on any atom is -0.493 e. The monoisotopic (exact) mass is 547 g/mol. The molecule has 0 aliphatic carbocycles. The Bertz CT molecular complexity index is 1580. The summed E-state index contributed by atoms with van der Waals surface area (Å²) in [6.07, 6.45) is 5.62. The third kappa shape index (κ3) is 5.23. The predicted molar refractivity (Wildman–Crippen MR) is 152 cm³/mol. The number of hydrogen-bond donors (Lipinski definition) is 0. The van der Waals surface area contributed by atoms with Gasteiger partial charge in [0.15, 0.2) is 16.3 Å². The third-order valence-corrected chi connectivity index (χ3v) is 8.14. The van der Waals surface area contributed by atoms with E-state index in [1.807, 2.05) is 24.3 Å². The molecule has 0 bridgehead atoms. The van der Waals surface area contributed by atoms with Gasteiger partial charge in [0.05, 0.1) is 42.7 Å². The van der Waals surface area contributed by atoms with Gasteiger partial charge in [0.1, 0.15) is 0 Å². The second-order valence-corrected chi connectivity index (χ2v) is 10.6. The van der Waals surface area contributed by atoms with Crippen molar-refractivity contribution in [1.29, 1.82) is 0 Å². The topological polar surface area (TPSA) is 82.4 Å². The molecule has 2 aliphatic heterocycles. The van der Waals surface area contributed by atoms with Crippen LogP contribution in [0.5, 0.6) is 11.5 Å². The highest BCUT2D eigenvalue weighted by molar-refractivity contribution is 7.07. The van der Waals surface area contributed by atoms with Crippen LogP contribution in [0.2, 0.25) is 0 Å². The molecule has 3 heterocycles. The van der Waals surface area contributed by atoms with E-state index in [1.54, 1.807) is 44.8 Å². The van der Waals surface area contributed by atoms with Crippen molar-refractivity contribution in [2.75, 3.05) is 38.8 Å². The molecule has 2 aromatic carbocycles. The smallest absolute Gasteiger partial charge is 0.338 e. The zero-order valence-electron chi connectivity index (χ0n) is 22.7. The van der Waals surface area contributed by atoms with Gasteiger partial charge in [-0.05, 0) is 74.6 Å². The Morgan fingerprint density at radius 2 is 1.77 bits per heavy atom. The van der Waals surface area contributed by atoms with Crippen LogP contribution in [0.25, 0.3) is 6.08 Å². The first kappa shape index (κ1) is 26.7. The first-order valence-electron chi connectivity index (χ1n) is 13.2. The van der Waals surface area contributed by atoms with E-state index in [2.05, 4.69) is 22.0 Å². The molecule has 0 spiro atoms. The number of fused-ring (bicyclic) bond motifs is 1. The quantitative estimate of drug-likeness (QED) is 0.419. The molecule has 204 valence electrons. The second kappa shape index (κ2) is 11.5. The maximum absolute atomic E-state index is 13.9. The van der Waals surface area contributed by atoms with Gasteiger partial charge in [0, 0.05) is 18.8 Å². The van der Waals surface area contributed by atoms with E-state index in [0.29, 0.717) is 37.7 Å². The molecule has 3 aromatic rings. The zero-order valence-corrected chi connectivity index (χ0v) is 23.5. The summed E-state index contributed by atoms with van der Waals surface area (Å²) in [5, 5.41) is 0. The maximum Gasteiger partial charge on any atom is 0.338 e. The van der Waals surface area contributed by atoms with Gasteiger partial charge in [0.25, 0.3) is 5.56 Å². The van der Waals surface area contributed by atoms with Crippen molar-refractivity contribution in [1.82, 2.24) is 4.57 Å². The lowest BCUT2D eigenvalue weighted by Crippen LogP contribution is -2.40. The molecule has 0 unspecified atom stereocenters. The number of piperidine rings is 1. The SMILES string of the molecule is CCOC(=O)C1=C(C)N=c2s/c(=C/c3ccc(N4CCCCC4)cc3)c(=O)n2[C@@H]1c1ccc(OC)c(OC)c1. The van der Waals surface area contributed by atoms with Crippen LogP contribution in [0.15, 0.2) is 63.5 Å². The molecule has 8 nitrogen and oxygen atoms in total. The van der Waals surface area contributed by atoms with Gasteiger partial charge in [-0.1, -0.05) is 29.5 Å². The Hall–Kier alpha value is -3.85. The average molecular weight is 548 g/mol. The summed E-state index contributed by atoms with van der Waals surface area (Å²) < 4.78 is 18.4. The van der Waals surface area contributed by atoms with Crippen molar-refractivity contribution in [3.8, 4) is 11.5 Å². The van der Waals surface area contributed by atoms with Crippen molar-refractivity contribution in [2.24, 2.45) is 4.99 Å². The highest BCUT2D eigenvalue weighted by atomic mass is 32.1. The van der Waals surface area contributed by atoms with E-state index in [1.165, 1.54) is 36.3 Å². The summed E-state index contributed by atoms with van der Waals surface area (Å²) >= 11 is 1.31. The van der Waals surface area contributed by atoms with Crippen LogP contribution < -0.4 is 29.3 Å². The lowest BCUT2D eigenvalue weighted by molar-refractivity contribution is -0.139. The van der Waals surface area contributed by atoms with E-state index in [9.17, 15) is 9.59 Å². The molecule has 39 heavy (non-hydrogen) atoms. The first-order chi connectivity index (χ1) is 18.9. The molecular formula is C30H33N3O5S. The number of rotatable bonds is 7. The first-order valence-corrected chi connectivity index (χ1v) is 14.0. The largest absolute Gasteiger partial charge is 0.493 e. The average Bonchev–Trinajstić information content (AvgIpc) is 3.26. The van der Waals surface area contributed by atoms with Crippen molar-refractivity contribution < 1.29 is 19.0 Å². The van der Waals surface area contributed by atoms with Crippen molar-refractivity contribution in [3.05, 3.63) is 84.5 Å². The van der Waals surface area contributed by atoms with Crippen LogP contribution in [-0.2, 0) is 9.53 Å². The number of esters is 1. The Balaban J connectivity index is 1.61. The zero-order chi connectivity index (χ0) is 27.5. The highest BCUT2D eigenvalue weighted by Crippen LogP contribution is 2.36. The Kier molecular flexibility index (Phi) is 7.88. The van der Waals surface area contributed by atoms with Crippen molar-refractivity contribution in [3.63, 3.8) is 0 Å². The van der Waals surface area contributed by atoms with Crippen LogP contribution in [0, 0.1) is 0 Å². The summed E-state index contributed by atoms with van der Waals surface area (Å²) in [5.41, 5.74) is 3.47. The summed E-state index contributed by atoms with van der Waals surface area (Å²) in [5.74, 6) is 0.560. The highest BCUT2D eigenvalue weighted by Gasteiger charge is 2.34. The molecule has 0 radical (unpaired) electrons. The fourth-order valence-corrected chi connectivity index (χ4v) is 6.26. The number of ether oxygens (including phenoxy) is 3. The number of nitrogens with zero attached hydrogens (tertiary/aromatic N) is 3. The summed E-state index contributed by atoms with van der Waals surface area (Å²) in [4.78, 5) is 34.6. The molecule has 9 heteroatoms. The number of anilines is 1. The molecule has 1 fully saturated rings. The lowest BCUT2D eigenvalue weighted by atomic mass is 9.95. The molecule has 1 atom stereocenters. The number of carbonyl (C=O) groups is 1. The minimum atomic E-state index is -0.719. The van der Waals surface area contributed by atoms with Crippen LogP contribution in [0.4, 0.5) is 5.69 Å². The number of allylic oxidation sites excluding steroid dienone is 1. The number of benzene rings is 2. The Labute approximate surface area is 231 Å². The summed E-state index contributed by atoms with van der Waals surface area (Å²) in [6.45, 7) is 5.90. The standard InChI is InChI=1S/C30H33N3O5S/c1-5-38-29(35)26-19(2)31-30-33(27(26)21-11-14-23(36-3)24(18-21)37-4)28(34)25(39-30)17-20-9-12-22(13-10-20)32-15-7-6-8-16-32/h9-14,17-18,27H,5-8,15-16H2,1-4H3/b25-17+/t27-/m1/s1. The van der Waals surface area contributed by atoms with Crippen LogP contribution in [0.3, 0.4) is 0 Å². The second-order valence-electron chi connectivity index (χ2n) is 9.56. The van der Waals surface area contributed by atoms with E-state index in [4.69, 9.17) is 14.2 Å². The molecule has 0 saturated carbocycles. The van der Waals surface area contributed by atoms with Gasteiger partial charge in [-0.25, -0.2) is 9.79 Å². The van der Waals surface area contributed by atoms with Crippen molar-refractivity contribution >= 4 is 29.1 Å². The fraction of sp³-hybridized carbons (Fsp3) is 0.367. The Morgan fingerprint density at radius 1 is 1.05 bits per heavy atom. The van der Waals surface area contributed by atoms with E-state index < -0.39 is 12.0 Å². The summed E-state index contributed by atoms with van der Waals surface area (Å²) in [6, 6.07) is 13.0. The number of hydrogen-bond acceptors (Lipinski definition) is 8. The van der Waals surface area contributed by atoms with E-state index >= 15 is 0 Å². The number of aromatic nitrogens is 1. The fourth-order valence-electron chi connectivity index (χ4n) is 5.21. The molecule has 1 saturated heterocycles. The molecule has 0 N–H and O–H groups in total. The van der Waals surface area contributed by atoms with Gasteiger partial charge >= 0.3 is 5.97 Å². The predicted octanol–water partition coefficient (Wildman–Crippen LogP) is 3.81. The normalized spacial score (nSPS) is 17.5. The molecule has 5 rings (SSSR count). The van der Waals surface area contributed by atoms with Gasteiger partial charge in [-0.3, -0.25) is 9.36 Å². The van der Waals surface area contributed by atoms with Crippen molar-refractivity contribution in [2.45, 2.75) is 39.2 Å². The minimum absolute atomic E-state index is 0.214. The molecule has 1 aromatic heterocycles. The Morgan fingerprint density at radius 3 is 2.44 bits per heavy atom. The van der Waals surface area contributed by atoms with Crippen LogP contribution in [0.1, 0.15) is 50.3 Å². The number of carbonyl (C=O) groups excluding carboxylic acids is 1. The van der Waals surface area contributed by atoms with Gasteiger partial charge in [0.2, 0.25) is 0 Å². The number of thiazole rings is 1. The van der Waals surface area contributed by atoms with Gasteiger partial charge < -0.3 is 19.1 Å². The molecule has 0 amide bonds. The molecular weight excluding hydrogens is 514 g/mol. The van der Waals surface area contributed by atoms with Crippen LogP contribution in [-0.4, -0.2) is 44.5 Å². The van der Waals surface area contributed by atoms with E-state index in [0.717, 1.165) is 18.7 Å².